The van der Waals surface area contributed by atoms with Gasteiger partial charge < -0.3 is 20.1 Å². The van der Waals surface area contributed by atoms with Gasteiger partial charge in [-0.25, -0.2) is 9.59 Å². The predicted molar refractivity (Wildman–Crippen MR) is 93.4 cm³/mol. The van der Waals surface area contributed by atoms with E-state index in [1.165, 1.54) is 5.56 Å². The van der Waals surface area contributed by atoms with Crippen LogP contribution in [-0.2, 0) is 9.53 Å². The fraction of sp³-hybridized carbons (Fsp3) is 0.556. The van der Waals surface area contributed by atoms with E-state index in [1.807, 2.05) is 32.0 Å². The zero-order valence-electron chi connectivity index (χ0n) is 15.1. The van der Waals surface area contributed by atoms with Crippen LogP contribution >= 0.6 is 0 Å². The third-order valence-electron chi connectivity index (χ3n) is 3.48. The van der Waals surface area contributed by atoms with Crippen molar-refractivity contribution in [2.75, 3.05) is 19.7 Å². The number of nitrogens with one attached hydrogen (secondary N) is 2. The molecule has 0 radical (unpaired) electrons. The summed E-state index contributed by atoms with van der Waals surface area (Å²) in [5.74, 6) is 0.624. The minimum absolute atomic E-state index is 0.106. The third kappa shape index (κ3) is 6.48. The molecule has 6 nitrogen and oxygen atoms in total. The molecule has 0 spiro atoms. The minimum atomic E-state index is -0.709. The first-order valence-electron chi connectivity index (χ1n) is 8.30. The van der Waals surface area contributed by atoms with Gasteiger partial charge in [-0.15, -0.1) is 0 Å². The first-order valence-corrected chi connectivity index (χ1v) is 8.30. The molecule has 0 aliphatic carbocycles. The van der Waals surface area contributed by atoms with E-state index in [0.29, 0.717) is 18.2 Å². The molecule has 0 heterocycles. The molecule has 1 aromatic rings. The van der Waals surface area contributed by atoms with E-state index in [1.54, 1.807) is 6.92 Å². The molecule has 2 N–H and O–H groups in total. The van der Waals surface area contributed by atoms with Gasteiger partial charge in [0.15, 0.2) is 6.10 Å². The first kappa shape index (κ1) is 19.8. The number of hydrogen-bond acceptors (Lipinski definition) is 4. The summed E-state index contributed by atoms with van der Waals surface area (Å²) >= 11 is 0. The molecule has 1 atom stereocenters. The molecular weight excluding hydrogens is 308 g/mol. The lowest BCUT2D eigenvalue weighted by molar-refractivity contribution is -0.150. The largest absolute Gasteiger partial charge is 0.479 e. The number of esters is 1. The van der Waals surface area contributed by atoms with Crippen molar-refractivity contribution >= 4 is 12.0 Å². The lowest BCUT2D eigenvalue weighted by Crippen LogP contribution is -2.38. The van der Waals surface area contributed by atoms with E-state index in [2.05, 4.69) is 24.5 Å². The zero-order valence-corrected chi connectivity index (χ0v) is 15.1. The molecule has 0 aliphatic heterocycles. The number of urea groups is 1. The molecule has 24 heavy (non-hydrogen) atoms. The first-order chi connectivity index (χ1) is 11.3. The molecule has 6 heteroatoms. The molecule has 1 aromatic carbocycles. The second-order valence-corrected chi connectivity index (χ2v) is 5.89. The molecule has 2 amide bonds. The summed E-state index contributed by atoms with van der Waals surface area (Å²) in [6, 6.07) is 5.53. The molecule has 1 unspecified atom stereocenters. The van der Waals surface area contributed by atoms with Crippen LogP contribution in [0.4, 0.5) is 4.79 Å². The smallest absolute Gasteiger partial charge is 0.347 e. The highest BCUT2D eigenvalue weighted by atomic mass is 16.6. The molecule has 0 fully saturated rings. The van der Waals surface area contributed by atoms with Crippen LogP contribution in [0.25, 0.3) is 0 Å². The van der Waals surface area contributed by atoms with Gasteiger partial charge in [-0.3, -0.25) is 0 Å². The number of carbonyl (C=O) groups is 2. The average molecular weight is 336 g/mol. The number of rotatable bonds is 8. The van der Waals surface area contributed by atoms with Crippen molar-refractivity contribution in [3.63, 3.8) is 0 Å². The van der Waals surface area contributed by atoms with Crippen molar-refractivity contribution < 1.29 is 19.1 Å². The van der Waals surface area contributed by atoms with Crippen LogP contribution in [0.2, 0.25) is 0 Å². The normalized spacial score (nSPS) is 11.8. The molecule has 0 aliphatic rings. The van der Waals surface area contributed by atoms with Gasteiger partial charge >= 0.3 is 12.0 Å². The number of aryl methyl sites for hydroxylation is 1. The van der Waals surface area contributed by atoms with Crippen molar-refractivity contribution in [1.82, 2.24) is 10.6 Å². The van der Waals surface area contributed by atoms with Crippen LogP contribution in [0.1, 0.15) is 44.7 Å². The molecule has 134 valence electrons. The summed E-state index contributed by atoms with van der Waals surface area (Å²) in [4.78, 5) is 23.1. The SMILES string of the molecule is CCNC(=O)NCCOC(=O)C(C)Oc1ccc(C(C)C)c(C)c1. The summed E-state index contributed by atoms with van der Waals surface area (Å²) in [7, 11) is 0. The number of carbonyl (C=O) groups excluding carboxylic acids is 2. The van der Waals surface area contributed by atoms with Crippen molar-refractivity contribution in [3.05, 3.63) is 29.3 Å². The average Bonchev–Trinajstić information content (AvgIpc) is 2.51. The van der Waals surface area contributed by atoms with Crippen molar-refractivity contribution in [2.45, 2.75) is 46.6 Å². The Hall–Kier alpha value is -2.24. The lowest BCUT2D eigenvalue weighted by Gasteiger charge is -2.16. The van der Waals surface area contributed by atoms with E-state index in [-0.39, 0.29) is 19.2 Å². The van der Waals surface area contributed by atoms with Crippen LogP contribution < -0.4 is 15.4 Å². The second-order valence-electron chi connectivity index (χ2n) is 5.89. The number of benzene rings is 1. The van der Waals surface area contributed by atoms with Gasteiger partial charge in [0.2, 0.25) is 0 Å². The molecular formula is C18H28N2O4. The number of amides is 2. The van der Waals surface area contributed by atoms with Crippen LogP contribution in [-0.4, -0.2) is 37.8 Å². The Bertz CT molecular complexity index is 558. The van der Waals surface area contributed by atoms with E-state index in [0.717, 1.165) is 5.56 Å². The Balaban J connectivity index is 2.41. The Morgan fingerprint density at radius 3 is 2.46 bits per heavy atom. The maximum Gasteiger partial charge on any atom is 0.347 e. The summed E-state index contributed by atoms with van der Waals surface area (Å²) < 4.78 is 10.7. The van der Waals surface area contributed by atoms with Gasteiger partial charge in [0.25, 0.3) is 0 Å². The Labute approximate surface area is 143 Å². The standard InChI is InChI=1S/C18H28N2O4/c1-6-19-18(22)20-9-10-23-17(21)14(5)24-15-7-8-16(12(2)3)13(4)11-15/h7-8,11-12,14H,6,9-10H2,1-5H3,(H2,19,20,22). The fourth-order valence-corrected chi connectivity index (χ4v) is 2.28. The Morgan fingerprint density at radius 1 is 1.17 bits per heavy atom. The van der Waals surface area contributed by atoms with E-state index in [4.69, 9.17) is 9.47 Å². The fourth-order valence-electron chi connectivity index (χ4n) is 2.28. The van der Waals surface area contributed by atoms with E-state index in [9.17, 15) is 9.59 Å². The summed E-state index contributed by atoms with van der Waals surface area (Å²) in [6.07, 6.45) is -0.709. The highest BCUT2D eigenvalue weighted by Gasteiger charge is 2.17. The van der Waals surface area contributed by atoms with Gasteiger partial charge in [0, 0.05) is 6.54 Å². The van der Waals surface area contributed by atoms with E-state index < -0.39 is 12.1 Å². The molecule has 0 aromatic heterocycles. The summed E-state index contributed by atoms with van der Waals surface area (Å²) in [5.41, 5.74) is 2.39. The van der Waals surface area contributed by atoms with Gasteiger partial charge in [-0.05, 0) is 49.9 Å². The van der Waals surface area contributed by atoms with Crippen LogP contribution in [0.3, 0.4) is 0 Å². The van der Waals surface area contributed by atoms with Crippen molar-refractivity contribution in [2.24, 2.45) is 0 Å². The van der Waals surface area contributed by atoms with Crippen LogP contribution in [0.15, 0.2) is 18.2 Å². The quantitative estimate of drug-likeness (QED) is 0.565. The topological polar surface area (TPSA) is 76.7 Å². The summed E-state index contributed by atoms with van der Waals surface area (Å²) in [5, 5.41) is 5.18. The molecule has 1 rings (SSSR count). The molecule has 0 saturated heterocycles. The number of ether oxygens (including phenoxy) is 2. The Morgan fingerprint density at radius 2 is 1.88 bits per heavy atom. The van der Waals surface area contributed by atoms with Crippen LogP contribution in [0, 0.1) is 6.92 Å². The molecule has 0 bridgehead atoms. The third-order valence-corrected chi connectivity index (χ3v) is 3.48. The van der Waals surface area contributed by atoms with Gasteiger partial charge in [0.05, 0.1) is 6.54 Å². The van der Waals surface area contributed by atoms with Gasteiger partial charge in [-0.1, -0.05) is 19.9 Å². The predicted octanol–water partition coefficient (Wildman–Crippen LogP) is 2.75. The minimum Gasteiger partial charge on any atom is -0.479 e. The highest BCUT2D eigenvalue weighted by molar-refractivity contribution is 5.75. The van der Waals surface area contributed by atoms with Gasteiger partial charge in [0.1, 0.15) is 12.4 Å². The highest BCUT2D eigenvalue weighted by Crippen LogP contribution is 2.24. The van der Waals surface area contributed by atoms with Gasteiger partial charge in [-0.2, -0.15) is 0 Å². The van der Waals surface area contributed by atoms with E-state index >= 15 is 0 Å². The van der Waals surface area contributed by atoms with Crippen molar-refractivity contribution in [3.8, 4) is 5.75 Å². The van der Waals surface area contributed by atoms with Crippen LogP contribution in [0.5, 0.6) is 5.75 Å². The second kappa shape index (κ2) is 9.80. The lowest BCUT2D eigenvalue weighted by atomic mass is 9.98. The zero-order chi connectivity index (χ0) is 18.1. The molecule has 0 saturated carbocycles. The maximum absolute atomic E-state index is 11.9. The Kier molecular flexibility index (Phi) is 8.09. The van der Waals surface area contributed by atoms with Crippen molar-refractivity contribution in [1.29, 1.82) is 0 Å². The summed E-state index contributed by atoms with van der Waals surface area (Å²) in [6.45, 7) is 10.7. The monoisotopic (exact) mass is 336 g/mol. The maximum atomic E-state index is 11.9. The number of hydrogen-bond donors (Lipinski definition) is 2.